The summed E-state index contributed by atoms with van der Waals surface area (Å²) < 4.78 is 21.3. The van der Waals surface area contributed by atoms with E-state index in [-0.39, 0.29) is 102 Å². The van der Waals surface area contributed by atoms with E-state index in [2.05, 4.69) is 83.6 Å². The fourth-order valence-corrected chi connectivity index (χ4v) is 22.2. The molecule has 3 aliphatic rings. The number of hydrogen-bond donors (Lipinski definition) is 5. The van der Waals surface area contributed by atoms with Gasteiger partial charge in [-0.05, 0) is 205 Å². The average Bonchev–Trinajstić information content (AvgIpc) is 1.90. The van der Waals surface area contributed by atoms with Crippen molar-refractivity contribution in [3.63, 3.8) is 0 Å². The summed E-state index contributed by atoms with van der Waals surface area (Å²) >= 11 is 22.5. The van der Waals surface area contributed by atoms with E-state index in [9.17, 15) is 59.6 Å². The molecule has 0 saturated carbocycles. The SMILES string of the molecule is CC(C)(C)OC(=O)N[C@@H]1CCCN(c2nc3cc(CO)sc3c(=O)n2Cc2ccccc2C#N)C1.CCc1cc2nc(Cl)n(Cc3ccccc3C#N)c(=O)c2s1.CCc1cc2nc(N3CCCC(NC(=O)OC(C)(C)C)C3)n(Cc3ccccc3C#N)c(=O)c2s1.N#Cc1ccccc1Cn1c(Cl)nc2cc(CBr)sc2c1=O.N#Cc1ccccc1Cn1c(N2CCC[C@@H](N)C2)nc2cc(CO)sc2c1=O. The van der Waals surface area contributed by atoms with Crippen LogP contribution in [0.2, 0.25) is 10.6 Å². The number of amides is 2. The smallest absolute Gasteiger partial charge is 0.407 e. The molecule has 142 heavy (non-hydrogen) atoms. The van der Waals surface area contributed by atoms with Crippen molar-refractivity contribution in [2.24, 2.45) is 5.73 Å². The van der Waals surface area contributed by atoms with Crippen LogP contribution in [0.4, 0.5) is 27.4 Å². The molecule has 32 nitrogen and oxygen atoms in total. The highest BCUT2D eigenvalue weighted by molar-refractivity contribution is 9.08. The van der Waals surface area contributed by atoms with E-state index in [0.29, 0.717) is 138 Å². The van der Waals surface area contributed by atoms with Gasteiger partial charge >= 0.3 is 12.2 Å². The summed E-state index contributed by atoms with van der Waals surface area (Å²) in [7, 11) is 0. The van der Waals surface area contributed by atoms with Gasteiger partial charge in [0, 0.05) is 87.1 Å². The Bertz CT molecular complexity index is 7420. The molecule has 3 aliphatic heterocycles. The van der Waals surface area contributed by atoms with E-state index >= 15 is 0 Å². The van der Waals surface area contributed by atoms with Crippen molar-refractivity contribution >= 4 is 177 Å². The number of alkyl halides is 1. The summed E-state index contributed by atoms with van der Waals surface area (Å²) in [6.45, 7) is 19.7. The number of aliphatic hydroxyl groups is 2. The summed E-state index contributed by atoms with van der Waals surface area (Å²) in [5.74, 6) is 1.61. The number of aliphatic hydroxyl groups excluding tert-OH is 2. The maximum atomic E-state index is 13.7. The molecule has 6 N–H and O–H groups in total. The van der Waals surface area contributed by atoms with Crippen molar-refractivity contribution in [3.05, 3.63) is 294 Å². The van der Waals surface area contributed by atoms with Gasteiger partial charge < -0.3 is 50.8 Å². The molecule has 3 fully saturated rings. The molecule has 18 rings (SSSR count). The first-order valence-corrected chi connectivity index (χ1v) is 51.8. The zero-order valence-corrected chi connectivity index (χ0v) is 86.3. The van der Waals surface area contributed by atoms with Gasteiger partial charge in [0.15, 0.2) is 0 Å². The zero-order valence-electron chi connectivity index (χ0n) is 79.1. The number of nitriles is 5. The molecule has 10 aromatic heterocycles. The molecule has 1 unspecified atom stereocenters. The first-order chi connectivity index (χ1) is 68.2. The number of alkyl carbamates (subject to hydrolysis) is 2. The van der Waals surface area contributed by atoms with E-state index < -0.39 is 23.4 Å². The molecule has 3 saturated heterocycles. The maximum Gasteiger partial charge on any atom is 0.407 e. The average molecular weight is 2110 g/mol. The van der Waals surface area contributed by atoms with Crippen LogP contribution in [0.25, 0.3) is 51.1 Å². The van der Waals surface area contributed by atoms with E-state index in [1.165, 1.54) is 65.8 Å². The molecule has 0 spiro atoms. The van der Waals surface area contributed by atoms with E-state index in [4.69, 9.17) is 63.9 Å². The lowest BCUT2D eigenvalue weighted by atomic mass is 10.1. The van der Waals surface area contributed by atoms with Crippen LogP contribution in [0.5, 0.6) is 0 Å². The third kappa shape index (κ3) is 25.2. The minimum atomic E-state index is -0.594. The number of rotatable bonds is 20. The maximum absolute atomic E-state index is 13.7. The molecule has 0 aliphatic carbocycles. The molecule has 0 bridgehead atoms. The van der Waals surface area contributed by atoms with Crippen LogP contribution in [0.15, 0.2) is 176 Å². The van der Waals surface area contributed by atoms with Gasteiger partial charge in [0.25, 0.3) is 27.8 Å². The Morgan fingerprint density at radius 1 is 0.415 bits per heavy atom. The van der Waals surface area contributed by atoms with Crippen molar-refractivity contribution in [3.8, 4) is 30.3 Å². The Morgan fingerprint density at radius 2 is 0.676 bits per heavy atom. The minimum Gasteiger partial charge on any atom is -0.444 e. The fourth-order valence-electron chi connectivity index (χ4n) is 16.6. The van der Waals surface area contributed by atoms with Gasteiger partial charge in [0.1, 0.15) is 34.7 Å². The number of aromatic nitrogens is 10. The van der Waals surface area contributed by atoms with E-state index in [0.717, 1.165) is 107 Å². The van der Waals surface area contributed by atoms with Gasteiger partial charge in [-0.1, -0.05) is 121 Å². The van der Waals surface area contributed by atoms with Gasteiger partial charge in [-0.3, -0.25) is 46.8 Å². The Kier molecular flexibility index (Phi) is 34.6. The number of ether oxygens (including phenoxy) is 2. The summed E-state index contributed by atoms with van der Waals surface area (Å²) in [4.78, 5) is 124. The largest absolute Gasteiger partial charge is 0.444 e. The first-order valence-electron chi connectivity index (χ1n) is 45.9. The third-order valence-corrected chi connectivity index (χ3v) is 30.7. The highest BCUT2D eigenvalue weighted by Gasteiger charge is 2.33. The normalized spacial score (nSPS) is 14.7. The predicted molar refractivity (Wildman–Crippen MR) is 563 cm³/mol. The van der Waals surface area contributed by atoms with Crippen LogP contribution in [-0.4, -0.2) is 139 Å². The molecule has 2 amide bonds. The highest BCUT2D eigenvalue weighted by Crippen LogP contribution is 2.34. The van der Waals surface area contributed by atoms with E-state index in [1.807, 2.05) is 144 Å². The Morgan fingerprint density at radius 3 is 0.965 bits per heavy atom. The van der Waals surface area contributed by atoms with Gasteiger partial charge in [-0.25, -0.2) is 34.5 Å². The second kappa shape index (κ2) is 47.0. The lowest BCUT2D eigenvalue weighted by Gasteiger charge is -2.35. The minimum absolute atomic E-state index is 0.0386. The number of nitrogens with two attached hydrogens (primary N) is 1. The number of halogens is 3. The summed E-state index contributed by atoms with van der Waals surface area (Å²) in [5, 5.41) is 72.8. The van der Waals surface area contributed by atoms with Crippen LogP contribution < -0.4 is 58.9 Å². The van der Waals surface area contributed by atoms with Gasteiger partial charge in [0.2, 0.25) is 28.4 Å². The second-order valence-corrected chi connectivity index (χ2v) is 42.7. The number of fused-ring (bicyclic) bond motifs is 5. The predicted octanol–water partition coefficient (Wildman–Crippen LogP) is 17.1. The molecule has 13 heterocycles. The van der Waals surface area contributed by atoms with E-state index in [1.54, 1.807) is 74.4 Å². The topological polar surface area (TPSA) is 446 Å². The standard InChI is InChI=1S/C26H31N5O3S.C25H29N5O4S.C20H21N5O2S.C16H12ClN3OS.C15H9BrClN3OS/c1-5-20-13-21-22(35-20)23(32)31(15-18-10-7-6-9-17(18)14-27)24(29-21)30-12-8-11-19(16-30)28-25(33)34-26(2,3)4;1-25(2,3)34-24(33)27-18-9-6-10-29(14-18)23-28-20-11-19(15-31)35-21(20)22(32)30(23)13-17-8-5-4-7-16(17)12-26;21-9-13-4-1-2-5-14(13)10-25-19(27)18-17(8-16(12-26)28-18)23-20(25)24-7-3-6-15(22)11-24;1-2-12-7-13-14(22-12)15(21)20(16(17)19-13)9-11-6-4-3-5-10(11)8-18;16-6-11-5-12-13(22-11)14(21)20(15(17)19-12)8-10-4-2-1-3-9(10)7-18/h6-7,9-10,13,19H,5,8,11-12,15-16H2,1-4H3,(H,28,33);4-5,7-8,11,18,31H,6,9-10,13-15H2,1-3H3,(H,27,33);1-2,4-5,8,15,26H,3,6-7,10-12,22H2;3-7H,2,9H2,1H3;1-5H,6,8H2/t;18-;15-;;/m.11../s1. The zero-order chi connectivity index (χ0) is 101. The number of aryl methyl sites for hydroxylation is 2. The van der Waals surface area contributed by atoms with Crippen molar-refractivity contribution in [2.45, 2.75) is 187 Å². The number of piperidine rings is 3. The highest BCUT2D eigenvalue weighted by atomic mass is 79.9. The van der Waals surface area contributed by atoms with Crippen molar-refractivity contribution in [2.75, 3.05) is 54.0 Å². The second-order valence-electron chi connectivity index (χ2n) is 35.8. The number of thiophene rings is 5. The van der Waals surface area contributed by atoms with Gasteiger partial charge in [0.05, 0.1) is 132 Å². The van der Waals surface area contributed by atoms with Crippen molar-refractivity contribution in [1.82, 2.24) is 58.4 Å². The Balaban J connectivity index is 0.000000143. The molecule has 0 radical (unpaired) electrons. The molecule has 3 atom stereocenters. The number of carbonyl (C=O) groups excluding carboxylic acids is 2. The van der Waals surface area contributed by atoms with Crippen molar-refractivity contribution in [1.29, 1.82) is 26.3 Å². The number of hydrogen-bond acceptors (Lipinski definition) is 30. The molecular weight excluding hydrogens is 2010 g/mol. The van der Waals surface area contributed by atoms with Gasteiger partial charge in [-0.2, -0.15) is 26.3 Å². The number of anilines is 3. The number of carbonyl (C=O) groups is 2. The summed E-state index contributed by atoms with van der Waals surface area (Å²) in [5.41, 5.74) is 13.6. The third-order valence-electron chi connectivity index (χ3n) is 23.3. The Hall–Kier alpha value is -13.4. The lowest BCUT2D eigenvalue weighted by Crippen LogP contribution is -2.50. The van der Waals surface area contributed by atoms with Crippen molar-refractivity contribution < 1.29 is 29.3 Å². The first kappa shape index (κ1) is 104. The molecule has 15 aromatic rings. The molecule has 5 aromatic carbocycles. The quantitative estimate of drug-likeness (QED) is 0.0349. The monoisotopic (exact) mass is 2110 g/mol. The van der Waals surface area contributed by atoms with Crippen LogP contribution in [0.1, 0.15) is 174 Å². The molecule has 732 valence electrons. The number of benzene rings is 5. The van der Waals surface area contributed by atoms with Gasteiger partial charge in [-0.15, -0.1) is 56.7 Å². The van der Waals surface area contributed by atoms with Crippen LogP contribution >= 0.6 is 95.8 Å². The number of nitrogens with one attached hydrogen (secondary N) is 2. The van der Waals surface area contributed by atoms with Crippen LogP contribution in [0, 0.1) is 56.7 Å². The van der Waals surface area contributed by atoms with Crippen LogP contribution in [0.3, 0.4) is 0 Å². The molecule has 40 heteroatoms. The molecular formula is C102H102BrCl2N21O11S5. The lowest BCUT2D eigenvalue weighted by molar-refractivity contribution is 0.0488. The summed E-state index contributed by atoms with van der Waals surface area (Å²) in [6.07, 6.45) is 5.90. The Labute approximate surface area is 855 Å². The summed E-state index contributed by atoms with van der Waals surface area (Å²) in [6, 6.07) is 55.9. The fraction of sp³-hybridized carbons (Fsp3) is 0.343. The number of nitrogens with zero attached hydrogens (tertiary/aromatic N) is 18. The van der Waals surface area contributed by atoms with Crippen LogP contribution in [-0.2, 0) is 73.6 Å².